The highest BCUT2D eigenvalue weighted by Gasteiger charge is 2.21. The Balaban J connectivity index is 1.81. The van der Waals surface area contributed by atoms with Crippen molar-refractivity contribution in [3.63, 3.8) is 0 Å². The number of halogens is 2. The van der Waals surface area contributed by atoms with Crippen molar-refractivity contribution in [2.24, 2.45) is 0 Å². The van der Waals surface area contributed by atoms with E-state index in [1.54, 1.807) is 6.07 Å². The van der Waals surface area contributed by atoms with E-state index >= 15 is 0 Å². The van der Waals surface area contributed by atoms with Gasteiger partial charge in [0.1, 0.15) is 11.6 Å². The third kappa shape index (κ3) is 3.49. The molecule has 4 rings (SSSR count). The summed E-state index contributed by atoms with van der Waals surface area (Å²) in [6.45, 7) is 0. The third-order valence-electron chi connectivity index (χ3n) is 5.04. The van der Waals surface area contributed by atoms with Crippen LogP contribution >= 0.6 is 11.6 Å². The van der Waals surface area contributed by atoms with Crippen molar-refractivity contribution in [1.82, 2.24) is 9.97 Å². The number of hydrogen-bond acceptors (Lipinski definition) is 5. The Morgan fingerprint density at radius 2 is 1.96 bits per heavy atom. The number of methoxy groups -OCH3 is 1. The molecule has 0 amide bonds. The number of nitrogen functional groups attached to an aromatic ring is 1. The average molecular weight is 387 g/mol. The standard InChI is InChI=1S/C20H20ClFN4O/c1-27-20-25-18-10-13(11-4-2-3-5-11)17(23)9-14(18)19(26-20)24-12-6-7-16(22)15(21)8-12/h6-11H,2-5,23H2,1H3,(H,24,25,26). The quantitative estimate of drug-likeness (QED) is 0.586. The topological polar surface area (TPSA) is 73.1 Å². The molecule has 1 aliphatic carbocycles. The number of nitrogens with zero attached hydrogens (tertiary/aromatic N) is 2. The Bertz CT molecular complexity index is 1000. The first-order valence-corrected chi connectivity index (χ1v) is 9.30. The fourth-order valence-corrected chi connectivity index (χ4v) is 3.86. The van der Waals surface area contributed by atoms with Gasteiger partial charge in [0, 0.05) is 16.8 Å². The number of benzene rings is 2. The fourth-order valence-electron chi connectivity index (χ4n) is 3.67. The number of aromatic nitrogens is 2. The van der Waals surface area contributed by atoms with Crippen molar-refractivity contribution in [1.29, 1.82) is 0 Å². The Labute approximate surface area is 161 Å². The van der Waals surface area contributed by atoms with Gasteiger partial charge in [-0.1, -0.05) is 24.4 Å². The number of hydrogen-bond donors (Lipinski definition) is 2. The highest BCUT2D eigenvalue weighted by atomic mass is 35.5. The summed E-state index contributed by atoms with van der Waals surface area (Å²) in [6, 6.07) is 8.59. The van der Waals surface area contributed by atoms with Crippen molar-refractivity contribution in [2.45, 2.75) is 31.6 Å². The lowest BCUT2D eigenvalue weighted by atomic mass is 9.94. The second-order valence-electron chi connectivity index (χ2n) is 6.79. The van der Waals surface area contributed by atoms with E-state index in [9.17, 15) is 4.39 Å². The minimum absolute atomic E-state index is 0.0355. The summed E-state index contributed by atoms with van der Waals surface area (Å²) < 4.78 is 18.7. The number of ether oxygens (including phenoxy) is 1. The van der Waals surface area contributed by atoms with E-state index in [0.717, 1.165) is 35.0 Å². The van der Waals surface area contributed by atoms with Crippen LogP contribution in [0.5, 0.6) is 6.01 Å². The molecule has 2 aromatic carbocycles. The van der Waals surface area contributed by atoms with E-state index in [1.165, 1.54) is 32.1 Å². The molecular formula is C20H20ClFN4O. The Morgan fingerprint density at radius 1 is 1.19 bits per heavy atom. The second kappa shape index (κ2) is 7.19. The molecule has 3 aromatic rings. The summed E-state index contributed by atoms with van der Waals surface area (Å²) in [4.78, 5) is 8.88. The normalized spacial score (nSPS) is 14.6. The van der Waals surface area contributed by atoms with Crippen LogP contribution in [-0.4, -0.2) is 17.1 Å². The molecule has 7 heteroatoms. The van der Waals surface area contributed by atoms with Crippen molar-refractivity contribution in [3.05, 3.63) is 46.7 Å². The number of nitrogens with two attached hydrogens (primary N) is 1. The number of fused-ring (bicyclic) bond motifs is 1. The van der Waals surface area contributed by atoms with Gasteiger partial charge in [-0.2, -0.15) is 9.97 Å². The van der Waals surface area contributed by atoms with E-state index < -0.39 is 5.82 Å². The zero-order valence-corrected chi connectivity index (χ0v) is 15.7. The first kappa shape index (κ1) is 17.8. The number of anilines is 3. The summed E-state index contributed by atoms with van der Waals surface area (Å²) >= 11 is 5.88. The molecule has 0 unspecified atom stereocenters. The summed E-state index contributed by atoms with van der Waals surface area (Å²) in [7, 11) is 1.52. The van der Waals surface area contributed by atoms with Crippen molar-refractivity contribution >= 4 is 39.7 Å². The molecule has 1 aliphatic rings. The second-order valence-corrected chi connectivity index (χ2v) is 7.20. The minimum Gasteiger partial charge on any atom is -0.467 e. The third-order valence-corrected chi connectivity index (χ3v) is 5.33. The molecule has 0 saturated heterocycles. The Kier molecular flexibility index (Phi) is 4.74. The van der Waals surface area contributed by atoms with Crippen LogP contribution < -0.4 is 15.8 Å². The summed E-state index contributed by atoms with van der Waals surface area (Å²) in [5.74, 6) is 0.532. The predicted octanol–water partition coefficient (Wildman–Crippen LogP) is 5.41. The zero-order valence-electron chi connectivity index (χ0n) is 14.9. The van der Waals surface area contributed by atoms with Gasteiger partial charge in [-0.3, -0.25) is 0 Å². The lowest BCUT2D eigenvalue weighted by molar-refractivity contribution is 0.382. The Hall–Kier alpha value is -2.60. The maximum absolute atomic E-state index is 13.4. The van der Waals surface area contributed by atoms with Crippen LogP contribution in [0, 0.1) is 5.82 Å². The molecule has 3 N–H and O–H groups in total. The smallest absolute Gasteiger partial charge is 0.318 e. The van der Waals surface area contributed by atoms with Gasteiger partial charge in [0.2, 0.25) is 0 Å². The van der Waals surface area contributed by atoms with Crippen LogP contribution in [0.2, 0.25) is 5.02 Å². The molecule has 5 nitrogen and oxygen atoms in total. The van der Waals surface area contributed by atoms with Crippen LogP contribution in [-0.2, 0) is 0 Å². The van der Waals surface area contributed by atoms with E-state index in [4.69, 9.17) is 22.1 Å². The van der Waals surface area contributed by atoms with Crippen LogP contribution in [0.25, 0.3) is 10.9 Å². The lowest BCUT2D eigenvalue weighted by Crippen LogP contribution is -2.04. The predicted molar refractivity (Wildman–Crippen MR) is 106 cm³/mol. The van der Waals surface area contributed by atoms with Gasteiger partial charge in [-0.25, -0.2) is 4.39 Å². The average Bonchev–Trinajstić information content (AvgIpc) is 3.19. The van der Waals surface area contributed by atoms with Crippen LogP contribution in [0.15, 0.2) is 30.3 Å². The lowest BCUT2D eigenvalue weighted by Gasteiger charge is -2.16. The van der Waals surface area contributed by atoms with Gasteiger partial charge in [0.15, 0.2) is 0 Å². The fraction of sp³-hybridized carbons (Fsp3) is 0.300. The molecule has 1 fully saturated rings. The molecule has 27 heavy (non-hydrogen) atoms. The van der Waals surface area contributed by atoms with Crippen LogP contribution in [0.1, 0.15) is 37.2 Å². The minimum atomic E-state index is -0.474. The molecule has 0 spiro atoms. The molecule has 0 bridgehead atoms. The zero-order chi connectivity index (χ0) is 19.0. The molecule has 140 valence electrons. The first-order chi connectivity index (χ1) is 13.0. The number of nitrogens with one attached hydrogen (secondary N) is 1. The van der Waals surface area contributed by atoms with Crippen LogP contribution in [0.3, 0.4) is 0 Å². The van der Waals surface area contributed by atoms with Crippen molar-refractivity contribution < 1.29 is 9.13 Å². The SMILES string of the molecule is COc1nc(Nc2ccc(F)c(Cl)c2)c2cc(N)c(C3CCCC3)cc2n1. The molecule has 0 atom stereocenters. The maximum Gasteiger partial charge on any atom is 0.318 e. The van der Waals surface area contributed by atoms with Gasteiger partial charge in [-0.15, -0.1) is 0 Å². The molecule has 0 radical (unpaired) electrons. The summed E-state index contributed by atoms with van der Waals surface area (Å²) in [6.07, 6.45) is 4.76. The van der Waals surface area contributed by atoms with Crippen LogP contribution in [0.4, 0.5) is 21.6 Å². The molecular weight excluding hydrogens is 367 g/mol. The van der Waals surface area contributed by atoms with Gasteiger partial charge in [0.25, 0.3) is 0 Å². The molecule has 1 saturated carbocycles. The van der Waals surface area contributed by atoms with Gasteiger partial charge < -0.3 is 15.8 Å². The van der Waals surface area contributed by atoms with Crippen molar-refractivity contribution in [2.75, 3.05) is 18.2 Å². The largest absolute Gasteiger partial charge is 0.467 e. The van der Waals surface area contributed by atoms with Crippen molar-refractivity contribution in [3.8, 4) is 6.01 Å². The van der Waals surface area contributed by atoms with Gasteiger partial charge in [-0.05, 0) is 54.7 Å². The van der Waals surface area contributed by atoms with Gasteiger partial charge >= 0.3 is 6.01 Å². The Morgan fingerprint density at radius 3 is 2.67 bits per heavy atom. The van der Waals surface area contributed by atoms with Gasteiger partial charge in [0.05, 0.1) is 17.6 Å². The monoisotopic (exact) mass is 386 g/mol. The van der Waals surface area contributed by atoms with E-state index in [0.29, 0.717) is 17.4 Å². The first-order valence-electron chi connectivity index (χ1n) is 8.92. The van der Waals surface area contributed by atoms with E-state index in [-0.39, 0.29) is 11.0 Å². The molecule has 1 heterocycles. The number of rotatable bonds is 4. The van der Waals surface area contributed by atoms with E-state index in [1.807, 2.05) is 12.1 Å². The summed E-state index contributed by atoms with van der Waals surface area (Å²) in [5.41, 5.74) is 9.60. The maximum atomic E-state index is 13.4. The van der Waals surface area contributed by atoms with E-state index in [2.05, 4.69) is 15.3 Å². The molecule has 0 aliphatic heterocycles. The molecule has 1 aromatic heterocycles. The highest BCUT2D eigenvalue weighted by molar-refractivity contribution is 6.31. The highest BCUT2D eigenvalue weighted by Crippen LogP contribution is 2.39. The summed E-state index contributed by atoms with van der Waals surface area (Å²) in [5, 5.41) is 3.98.